The number of benzene rings is 2. The van der Waals surface area contributed by atoms with Crippen LogP contribution in [-0.4, -0.2) is 33.4 Å². The van der Waals surface area contributed by atoms with Crippen molar-refractivity contribution in [2.24, 2.45) is 0 Å². The van der Waals surface area contributed by atoms with Gasteiger partial charge in [-0.05, 0) is 31.0 Å². The summed E-state index contributed by atoms with van der Waals surface area (Å²) in [5, 5.41) is 3.23. The smallest absolute Gasteiger partial charge is 0.264 e. The minimum absolute atomic E-state index is 0. The molecule has 1 aliphatic rings. The van der Waals surface area contributed by atoms with E-state index in [0.717, 1.165) is 25.3 Å². The number of rotatable bonds is 6. The average molecular weight is 418 g/mol. The Kier molecular flexibility index (Phi) is 7.33. The molecule has 3 rings (SSSR count). The third kappa shape index (κ3) is 5.25. The molecule has 2 aromatic rings. The van der Waals surface area contributed by atoms with Crippen molar-refractivity contribution in [1.29, 1.82) is 0 Å². The van der Waals surface area contributed by atoms with Gasteiger partial charge < -0.3 is 5.32 Å². The molecule has 2 aromatic carbocycles. The lowest BCUT2D eigenvalue weighted by Gasteiger charge is -2.32. The SMILES string of the molecule is CS(=O)(=O)OC(C1CCCN1)C(c1ccccc1)c1cccc(F)c1F.Cl. The van der Waals surface area contributed by atoms with Crippen molar-refractivity contribution in [1.82, 2.24) is 5.32 Å². The first-order valence-electron chi connectivity index (χ1n) is 8.47. The molecule has 0 amide bonds. The zero-order valence-corrected chi connectivity index (χ0v) is 16.4. The lowest BCUT2D eigenvalue weighted by atomic mass is 9.83. The molecule has 3 atom stereocenters. The first-order chi connectivity index (χ1) is 12.4. The summed E-state index contributed by atoms with van der Waals surface area (Å²) in [6.07, 6.45) is 1.65. The standard InChI is InChI=1S/C19H21F2NO3S.ClH/c1-26(23,24)25-19(16-11-6-12-22-16)17(13-7-3-2-4-8-13)14-9-5-10-15(20)18(14)21;/h2-5,7-10,16-17,19,22H,6,11-12H2,1H3;1H. The largest absolute Gasteiger partial charge is 0.311 e. The molecule has 0 aliphatic carbocycles. The molecule has 0 spiro atoms. The van der Waals surface area contributed by atoms with Crippen molar-refractivity contribution in [3.63, 3.8) is 0 Å². The van der Waals surface area contributed by atoms with Crippen LogP contribution >= 0.6 is 12.4 Å². The molecular formula is C19H22ClF2NO3S. The van der Waals surface area contributed by atoms with E-state index in [4.69, 9.17) is 4.18 Å². The summed E-state index contributed by atoms with van der Waals surface area (Å²) in [5.41, 5.74) is 0.748. The van der Waals surface area contributed by atoms with Crippen molar-refractivity contribution >= 4 is 22.5 Å². The van der Waals surface area contributed by atoms with Crippen LogP contribution in [0.5, 0.6) is 0 Å². The predicted molar refractivity (Wildman–Crippen MR) is 103 cm³/mol. The minimum Gasteiger partial charge on any atom is -0.311 e. The molecule has 0 radical (unpaired) electrons. The lowest BCUT2D eigenvalue weighted by molar-refractivity contribution is 0.151. The number of hydrogen-bond acceptors (Lipinski definition) is 4. The predicted octanol–water partition coefficient (Wildman–Crippen LogP) is 3.62. The summed E-state index contributed by atoms with van der Waals surface area (Å²) in [5.74, 6) is -2.72. The normalized spacial score (nSPS) is 19.3. The molecule has 4 nitrogen and oxygen atoms in total. The first kappa shape index (κ1) is 21.8. The molecule has 1 N–H and O–H groups in total. The third-order valence-electron chi connectivity index (χ3n) is 4.58. The fraction of sp³-hybridized carbons (Fsp3) is 0.368. The quantitative estimate of drug-likeness (QED) is 0.729. The molecule has 1 saturated heterocycles. The van der Waals surface area contributed by atoms with Crippen LogP contribution in [0.2, 0.25) is 0 Å². The van der Waals surface area contributed by atoms with Gasteiger partial charge in [-0.15, -0.1) is 12.4 Å². The van der Waals surface area contributed by atoms with Crippen molar-refractivity contribution in [2.45, 2.75) is 30.9 Å². The van der Waals surface area contributed by atoms with E-state index in [0.29, 0.717) is 12.0 Å². The van der Waals surface area contributed by atoms with Gasteiger partial charge in [0.15, 0.2) is 11.6 Å². The van der Waals surface area contributed by atoms with Crippen molar-refractivity contribution < 1.29 is 21.4 Å². The Hall–Kier alpha value is -1.54. The van der Waals surface area contributed by atoms with E-state index < -0.39 is 33.8 Å². The molecule has 148 valence electrons. The van der Waals surface area contributed by atoms with E-state index in [-0.39, 0.29) is 24.0 Å². The van der Waals surface area contributed by atoms with E-state index in [2.05, 4.69) is 5.32 Å². The highest BCUT2D eigenvalue weighted by Gasteiger charge is 2.38. The molecule has 1 fully saturated rings. The van der Waals surface area contributed by atoms with Gasteiger partial charge in [0.05, 0.1) is 6.26 Å². The summed E-state index contributed by atoms with van der Waals surface area (Å²) >= 11 is 0. The zero-order valence-electron chi connectivity index (χ0n) is 14.8. The summed E-state index contributed by atoms with van der Waals surface area (Å²) < 4.78 is 57.7. The fourth-order valence-corrected chi connectivity index (χ4v) is 4.16. The number of halogens is 3. The second-order valence-electron chi connectivity index (χ2n) is 6.50. The molecule has 27 heavy (non-hydrogen) atoms. The summed E-state index contributed by atoms with van der Waals surface area (Å²) in [4.78, 5) is 0. The Morgan fingerprint density at radius 3 is 2.41 bits per heavy atom. The summed E-state index contributed by atoms with van der Waals surface area (Å²) in [7, 11) is -3.80. The fourth-order valence-electron chi connectivity index (χ4n) is 3.52. The van der Waals surface area contributed by atoms with E-state index in [1.165, 1.54) is 12.1 Å². The zero-order chi connectivity index (χ0) is 18.7. The molecule has 3 unspecified atom stereocenters. The molecule has 1 aliphatic heterocycles. The van der Waals surface area contributed by atoms with Gasteiger partial charge in [-0.1, -0.05) is 42.5 Å². The van der Waals surface area contributed by atoms with Crippen LogP contribution in [0.3, 0.4) is 0 Å². The average Bonchev–Trinajstić information content (AvgIpc) is 3.12. The maximum absolute atomic E-state index is 14.6. The molecular weight excluding hydrogens is 396 g/mol. The minimum atomic E-state index is -3.80. The van der Waals surface area contributed by atoms with Crippen LogP contribution in [0.4, 0.5) is 8.78 Å². The van der Waals surface area contributed by atoms with Gasteiger partial charge in [0.25, 0.3) is 10.1 Å². The van der Waals surface area contributed by atoms with E-state index in [1.54, 1.807) is 24.3 Å². The van der Waals surface area contributed by atoms with E-state index >= 15 is 0 Å². The number of hydrogen-bond donors (Lipinski definition) is 1. The number of nitrogens with one attached hydrogen (secondary N) is 1. The summed E-state index contributed by atoms with van der Waals surface area (Å²) in [6, 6.07) is 12.6. The maximum Gasteiger partial charge on any atom is 0.264 e. The van der Waals surface area contributed by atoms with E-state index in [9.17, 15) is 17.2 Å². The molecule has 0 aromatic heterocycles. The topological polar surface area (TPSA) is 55.4 Å². The Labute approximate surface area is 164 Å². The van der Waals surface area contributed by atoms with Crippen LogP contribution in [0, 0.1) is 11.6 Å². The van der Waals surface area contributed by atoms with Gasteiger partial charge in [0.1, 0.15) is 6.10 Å². The van der Waals surface area contributed by atoms with Crippen LogP contribution in [-0.2, 0) is 14.3 Å². The third-order valence-corrected chi connectivity index (χ3v) is 5.16. The van der Waals surface area contributed by atoms with Gasteiger partial charge in [-0.25, -0.2) is 8.78 Å². The molecule has 1 heterocycles. The van der Waals surface area contributed by atoms with Crippen molar-refractivity contribution in [3.8, 4) is 0 Å². The Morgan fingerprint density at radius 2 is 1.81 bits per heavy atom. The maximum atomic E-state index is 14.6. The molecule has 8 heteroatoms. The Balaban J connectivity index is 0.00000261. The Morgan fingerprint density at radius 1 is 1.11 bits per heavy atom. The van der Waals surface area contributed by atoms with Gasteiger partial charge in [-0.2, -0.15) is 8.42 Å². The van der Waals surface area contributed by atoms with E-state index in [1.807, 2.05) is 6.07 Å². The molecule has 0 saturated carbocycles. The van der Waals surface area contributed by atoms with Gasteiger partial charge >= 0.3 is 0 Å². The highest BCUT2D eigenvalue weighted by molar-refractivity contribution is 7.86. The summed E-state index contributed by atoms with van der Waals surface area (Å²) in [6.45, 7) is 0.724. The monoisotopic (exact) mass is 417 g/mol. The second-order valence-corrected chi connectivity index (χ2v) is 8.10. The Bertz CT molecular complexity index is 859. The van der Waals surface area contributed by atoms with Crippen LogP contribution < -0.4 is 5.32 Å². The van der Waals surface area contributed by atoms with Crippen LogP contribution in [0.1, 0.15) is 29.9 Å². The van der Waals surface area contributed by atoms with Crippen molar-refractivity contribution in [2.75, 3.05) is 12.8 Å². The van der Waals surface area contributed by atoms with Crippen LogP contribution in [0.25, 0.3) is 0 Å². The second kappa shape index (κ2) is 9.10. The van der Waals surface area contributed by atoms with Gasteiger partial charge in [0, 0.05) is 17.5 Å². The highest BCUT2D eigenvalue weighted by Crippen LogP contribution is 2.36. The van der Waals surface area contributed by atoms with Gasteiger partial charge in [0.2, 0.25) is 0 Å². The van der Waals surface area contributed by atoms with Crippen molar-refractivity contribution in [3.05, 3.63) is 71.3 Å². The first-order valence-corrected chi connectivity index (χ1v) is 10.3. The van der Waals surface area contributed by atoms with Crippen LogP contribution in [0.15, 0.2) is 48.5 Å². The molecule has 0 bridgehead atoms. The van der Waals surface area contributed by atoms with Gasteiger partial charge in [-0.3, -0.25) is 4.18 Å². The lowest BCUT2D eigenvalue weighted by Crippen LogP contribution is -2.42. The highest BCUT2D eigenvalue weighted by atomic mass is 35.5.